The normalized spacial score (nSPS) is 18.1. The van der Waals surface area contributed by atoms with E-state index in [-0.39, 0.29) is 11.9 Å². The van der Waals surface area contributed by atoms with Gasteiger partial charge in [0.1, 0.15) is 0 Å². The third kappa shape index (κ3) is 3.88. The average Bonchev–Trinajstić information content (AvgIpc) is 3.10. The Labute approximate surface area is 147 Å². The van der Waals surface area contributed by atoms with Crippen LogP contribution < -0.4 is 5.73 Å². The van der Waals surface area contributed by atoms with Crippen LogP contribution in [-0.4, -0.2) is 34.4 Å². The van der Waals surface area contributed by atoms with Gasteiger partial charge in [0.25, 0.3) is 5.91 Å². The van der Waals surface area contributed by atoms with Crippen molar-refractivity contribution in [3.8, 4) is 0 Å². The fourth-order valence-corrected chi connectivity index (χ4v) is 3.39. The molecular weight excluding hydrogens is 316 g/mol. The van der Waals surface area contributed by atoms with Crippen molar-refractivity contribution < 1.29 is 14.7 Å². The lowest BCUT2D eigenvalue weighted by molar-refractivity contribution is 0.0667. The fraction of sp³-hybridized carbons (Fsp3) is 0.300. The Morgan fingerprint density at radius 3 is 2.56 bits per heavy atom. The molecule has 1 fully saturated rings. The van der Waals surface area contributed by atoms with Crippen LogP contribution in [0.15, 0.2) is 54.6 Å². The lowest BCUT2D eigenvalue weighted by Crippen LogP contribution is -2.36. The minimum Gasteiger partial charge on any atom is -0.388 e. The first-order valence-electron chi connectivity index (χ1n) is 8.50. The van der Waals surface area contributed by atoms with E-state index in [1.807, 2.05) is 30.3 Å². The Morgan fingerprint density at radius 2 is 1.84 bits per heavy atom. The minimum absolute atomic E-state index is 0.0139. The van der Waals surface area contributed by atoms with Crippen LogP contribution in [0.3, 0.4) is 0 Å². The van der Waals surface area contributed by atoms with Gasteiger partial charge in [-0.05, 0) is 43.0 Å². The highest BCUT2D eigenvalue weighted by Gasteiger charge is 2.31. The standard InChI is InChI=1S/C20H22N2O3/c21-19(24)15-8-4-9-16(12-15)20(25)22-11-5-10-17(22)13-18(23)14-6-2-1-3-7-14/h1-4,6-9,12,17-18,23H,5,10-11,13H2,(H2,21,24). The fourth-order valence-electron chi connectivity index (χ4n) is 3.39. The van der Waals surface area contributed by atoms with Gasteiger partial charge in [0, 0.05) is 23.7 Å². The summed E-state index contributed by atoms with van der Waals surface area (Å²) in [5, 5.41) is 10.5. The van der Waals surface area contributed by atoms with E-state index in [0.717, 1.165) is 18.4 Å². The van der Waals surface area contributed by atoms with E-state index in [1.165, 1.54) is 6.07 Å². The van der Waals surface area contributed by atoms with Gasteiger partial charge in [0.15, 0.2) is 0 Å². The molecular formula is C20H22N2O3. The molecule has 0 radical (unpaired) electrons. The molecule has 2 aromatic carbocycles. The van der Waals surface area contributed by atoms with E-state index in [1.54, 1.807) is 23.1 Å². The predicted octanol–water partition coefficient (Wildman–Crippen LogP) is 2.51. The molecule has 2 aromatic rings. The van der Waals surface area contributed by atoms with E-state index in [9.17, 15) is 14.7 Å². The lowest BCUT2D eigenvalue weighted by Gasteiger charge is -2.27. The maximum absolute atomic E-state index is 12.8. The number of nitrogens with zero attached hydrogens (tertiary/aromatic N) is 1. The second-order valence-corrected chi connectivity index (χ2v) is 6.40. The third-order valence-corrected chi connectivity index (χ3v) is 4.71. The van der Waals surface area contributed by atoms with Crippen molar-refractivity contribution in [2.75, 3.05) is 6.54 Å². The zero-order chi connectivity index (χ0) is 17.8. The number of hydrogen-bond donors (Lipinski definition) is 2. The number of primary amides is 1. The zero-order valence-electron chi connectivity index (χ0n) is 14.0. The Kier molecular flexibility index (Phi) is 5.14. The molecule has 130 valence electrons. The highest BCUT2D eigenvalue weighted by Crippen LogP contribution is 2.28. The molecule has 5 nitrogen and oxygen atoms in total. The second kappa shape index (κ2) is 7.49. The molecule has 5 heteroatoms. The van der Waals surface area contributed by atoms with Crippen LogP contribution in [0.25, 0.3) is 0 Å². The molecule has 0 saturated carbocycles. The predicted molar refractivity (Wildman–Crippen MR) is 95.0 cm³/mol. The van der Waals surface area contributed by atoms with Crippen molar-refractivity contribution in [1.29, 1.82) is 0 Å². The van der Waals surface area contributed by atoms with Crippen LogP contribution in [-0.2, 0) is 0 Å². The van der Waals surface area contributed by atoms with Crippen molar-refractivity contribution in [1.82, 2.24) is 4.90 Å². The highest BCUT2D eigenvalue weighted by atomic mass is 16.3. The number of carbonyl (C=O) groups excluding carboxylic acids is 2. The number of aliphatic hydroxyl groups is 1. The van der Waals surface area contributed by atoms with Crippen LogP contribution in [0.1, 0.15) is 51.6 Å². The number of amides is 2. The number of hydrogen-bond acceptors (Lipinski definition) is 3. The van der Waals surface area contributed by atoms with Gasteiger partial charge in [0.2, 0.25) is 5.91 Å². The molecule has 0 spiro atoms. The molecule has 3 N–H and O–H groups in total. The largest absolute Gasteiger partial charge is 0.388 e. The second-order valence-electron chi connectivity index (χ2n) is 6.40. The molecule has 0 aliphatic carbocycles. The van der Waals surface area contributed by atoms with Gasteiger partial charge in [-0.2, -0.15) is 0 Å². The Balaban J connectivity index is 1.74. The van der Waals surface area contributed by atoms with Crippen molar-refractivity contribution >= 4 is 11.8 Å². The molecule has 1 aliphatic heterocycles. The van der Waals surface area contributed by atoms with Gasteiger partial charge in [0.05, 0.1) is 6.10 Å². The maximum atomic E-state index is 12.8. The van der Waals surface area contributed by atoms with Crippen LogP contribution in [0.2, 0.25) is 0 Å². The number of aliphatic hydroxyl groups excluding tert-OH is 1. The summed E-state index contributed by atoms with van der Waals surface area (Å²) in [7, 11) is 0. The van der Waals surface area contributed by atoms with Gasteiger partial charge < -0.3 is 15.7 Å². The first kappa shape index (κ1) is 17.2. The van der Waals surface area contributed by atoms with E-state index < -0.39 is 12.0 Å². The first-order chi connectivity index (χ1) is 12.1. The number of rotatable bonds is 5. The molecule has 2 atom stereocenters. The van der Waals surface area contributed by atoms with Gasteiger partial charge in [-0.25, -0.2) is 0 Å². The Morgan fingerprint density at radius 1 is 1.12 bits per heavy atom. The van der Waals surface area contributed by atoms with Crippen molar-refractivity contribution in [2.24, 2.45) is 5.73 Å². The molecule has 0 bridgehead atoms. The SMILES string of the molecule is NC(=O)c1cccc(C(=O)N2CCCC2CC(O)c2ccccc2)c1. The van der Waals surface area contributed by atoms with Crippen molar-refractivity contribution in [3.05, 3.63) is 71.3 Å². The summed E-state index contributed by atoms with van der Waals surface area (Å²) in [5.41, 5.74) is 6.94. The minimum atomic E-state index is -0.600. The monoisotopic (exact) mass is 338 g/mol. The Bertz CT molecular complexity index is 761. The summed E-state index contributed by atoms with van der Waals surface area (Å²) in [6.45, 7) is 0.659. The van der Waals surface area contributed by atoms with E-state index >= 15 is 0 Å². The van der Waals surface area contributed by atoms with E-state index in [2.05, 4.69) is 0 Å². The number of benzene rings is 2. The zero-order valence-corrected chi connectivity index (χ0v) is 14.0. The quantitative estimate of drug-likeness (QED) is 0.878. The molecule has 0 aromatic heterocycles. The summed E-state index contributed by atoms with van der Waals surface area (Å²) in [5.74, 6) is -0.669. The third-order valence-electron chi connectivity index (χ3n) is 4.71. The summed E-state index contributed by atoms with van der Waals surface area (Å²) in [6.07, 6.45) is 1.68. The summed E-state index contributed by atoms with van der Waals surface area (Å²) in [4.78, 5) is 26.0. The number of carbonyl (C=O) groups is 2. The number of nitrogens with two attached hydrogens (primary N) is 1. The molecule has 2 unspecified atom stereocenters. The van der Waals surface area contributed by atoms with Crippen LogP contribution in [0, 0.1) is 0 Å². The van der Waals surface area contributed by atoms with Crippen LogP contribution in [0.5, 0.6) is 0 Å². The molecule has 3 rings (SSSR count). The molecule has 1 heterocycles. The van der Waals surface area contributed by atoms with E-state index in [4.69, 9.17) is 5.73 Å². The van der Waals surface area contributed by atoms with Crippen molar-refractivity contribution in [3.63, 3.8) is 0 Å². The Hall–Kier alpha value is -2.66. The molecule has 2 amide bonds. The summed E-state index contributed by atoms with van der Waals surface area (Å²) >= 11 is 0. The maximum Gasteiger partial charge on any atom is 0.254 e. The summed E-state index contributed by atoms with van der Waals surface area (Å²) < 4.78 is 0. The lowest BCUT2D eigenvalue weighted by atomic mass is 10.00. The molecule has 1 aliphatic rings. The smallest absolute Gasteiger partial charge is 0.254 e. The van der Waals surface area contributed by atoms with Crippen LogP contribution >= 0.6 is 0 Å². The first-order valence-corrected chi connectivity index (χ1v) is 8.50. The molecule has 1 saturated heterocycles. The highest BCUT2D eigenvalue weighted by molar-refractivity contribution is 5.99. The topological polar surface area (TPSA) is 83.6 Å². The molecule has 25 heavy (non-hydrogen) atoms. The van der Waals surface area contributed by atoms with Crippen LogP contribution in [0.4, 0.5) is 0 Å². The van der Waals surface area contributed by atoms with Crippen molar-refractivity contribution in [2.45, 2.75) is 31.4 Å². The number of likely N-dealkylation sites (tertiary alicyclic amines) is 1. The summed E-state index contributed by atoms with van der Waals surface area (Å²) in [6, 6.07) is 16.0. The van der Waals surface area contributed by atoms with Gasteiger partial charge in [-0.3, -0.25) is 9.59 Å². The average molecular weight is 338 g/mol. The van der Waals surface area contributed by atoms with E-state index in [0.29, 0.717) is 24.1 Å². The van der Waals surface area contributed by atoms with Gasteiger partial charge in [-0.15, -0.1) is 0 Å². The van der Waals surface area contributed by atoms with Gasteiger partial charge >= 0.3 is 0 Å². The van der Waals surface area contributed by atoms with Gasteiger partial charge in [-0.1, -0.05) is 36.4 Å².